The predicted octanol–water partition coefficient (Wildman–Crippen LogP) is 2.29. The van der Waals surface area contributed by atoms with Gasteiger partial charge >= 0.3 is 0 Å². The topological polar surface area (TPSA) is 35.2 Å². The Bertz CT molecular complexity index is 273. The summed E-state index contributed by atoms with van der Waals surface area (Å²) in [6.07, 6.45) is 2.29. The average Bonchev–Trinajstić information content (AvgIpc) is 2.19. The fraction of sp³-hybridized carbons (Fsp3) is 0.500. The molecule has 0 aliphatic carbocycles. The minimum atomic E-state index is -0.00296. The summed E-state index contributed by atoms with van der Waals surface area (Å²) in [7, 11) is 1.68. The number of benzene rings is 1. The standard InChI is InChI=1S/C12H19NO/c1-3-5-10-6-4-7-11(8-10)12(13)9-14-2/h4,6-8,12H,3,5,9,13H2,1-2H3. The van der Waals surface area contributed by atoms with Crippen molar-refractivity contribution >= 4 is 0 Å². The van der Waals surface area contributed by atoms with E-state index in [1.807, 2.05) is 0 Å². The van der Waals surface area contributed by atoms with Gasteiger partial charge in [-0.2, -0.15) is 0 Å². The zero-order valence-corrected chi connectivity index (χ0v) is 8.99. The maximum absolute atomic E-state index is 5.95. The van der Waals surface area contributed by atoms with E-state index in [1.165, 1.54) is 12.0 Å². The summed E-state index contributed by atoms with van der Waals surface area (Å²) in [5.74, 6) is 0. The number of rotatable bonds is 5. The van der Waals surface area contributed by atoms with Crippen LogP contribution in [0.5, 0.6) is 0 Å². The van der Waals surface area contributed by atoms with Crippen LogP contribution in [0.2, 0.25) is 0 Å². The largest absolute Gasteiger partial charge is 0.383 e. The second kappa shape index (κ2) is 5.78. The van der Waals surface area contributed by atoms with Crippen molar-refractivity contribution in [2.75, 3.05) is 13.7 Å². The van der Waals surface area contributed by atoms with Crippen molar-refractivity contribution in [3.8, 4) is 0 Å². The normalized spacial score (nSPS) is 12.8. The first-order valence-electron chi connectivity index (χ1n) is 5.11. The molecule has 0 spiro atoms. The second-order valence-electron chi connectivity index (χ2n) is 3.56. The smallest absolute Gasteiger partial charge is 0.0655 e. The fourth-order valence-corrected chi connectivity index (χ4v) is 1.54. The predicted molar refractivity (Wildman–Crippen MR) is 59.2 cm³/mol. The van der Waals surface area contributed by atoms with E-state index in [4.69, 9.17) is 10.5 Å². The third kappa shape index (κ3) is 3.13. The molecule has 2 N–H and O–H groups in total. The van der Waals surface area contributed by atoms with E-state index in [9.17, 15) is 0 Å². The maximum Gasteiger partial charge on any atom is 0.0655 e. The van der Waals surface area contributed by atoms with Gasteiger partial charge in [-0.25, -0.2) is 0 Å². The van der Waals surface area contributed by atoms with Crippen LogP contribution in [0.1, 0.15) is 30.5 Å². The van der Waals surface area contributed by atoms with Crippen LogP contribution in [-0.2, 0) is 11.2 Å². The Labute approximate surface area is 86.1 Å². The molecule has 0 saturated heterocycles. The summed E-state index contributed by atoms with van der Waals surface area (Å²) in [6.45, 7) is 2.76. The number of hydrogen-bond donors (Lipinski definition) is 1. The molecule has 1 unspecified atom stereocenters. The summed E-state index contributed by atoms with van der Waals surface area (Å²) >= 11 is 0. The van der Waals surface area contributed by atoms with E-state index < -0.39 is 0 Å². The minimum Gasteiger partial charge on any atom is -0.383 e. The highest BCUT2D eigenvalue weighted by Gasteiger charge is 2.05. The molecule has 0 aliphatic heterocycles. The number of hydrogen-bond acceptors (Lipinski definition) is 2. The Kier molecular flexibility index (Phi) is 4.63. The van der Waals surface area contributed by atoms with Crippen molar-refractivity contribution in [1.29, 1.82) is 0 Å². The number of aryl methyl sites for hydroxylation is 1. The van der Waals surface area contributed by atoms with Crippen molar-refractivity contribution in [2.45, 2.75) is 25.8 Å². The summed E-state index contributed by atoms with van der Waals surface area (Å²) in [6, 6.07) is 8.44. The molecule has 0 heterocycles. The SMILES string of the molecule is CCCc1cccc(C(N)COC)c1. The van der Waals surface area contributed by atoms with Crippen LogP contribution < -0.4 is 5.73 Å². The molecule has 0 bridgehead atoms. The number of methoxy groups -OCH3 is 1. The Morgan fingerprint density at radius 1 is 1.43 bits per heavy atom. The molecule has 2 heteroatoms. The van der Waals surface area contributed by atoms with Crippen LogP contribution in [0.15, 0.2) is 24.3 Å². The lowest BCUT2D eigenvalue weighted by Crippen LogP contribution is -2.16. The van der Waals surface area contributed by atoms with Crippen LogP contribution >= 0.6 is 0 Å². The molecule has 0 aromatic heterocycles. The second-order valence-corrected chi connectivity index (χ2v) is 3.56. The molecule has 0 saturated carbocycles. The van der Waals surface area contributed by atoms with E-state index in [0.717, 1.165) is 12.0 Å². The number of nitrogens with two attached hydrogens (primary N) is 1. The first kappa shape index (κ1) is 11.2. The van der Waals surface area contributed by atoms with Gasteiger partial charge < -0.3 is 10.5 Å². The molecule has 1 aromatic rings. The molecule has 14 heavy (non-hydrogen) atoms. The third-order valence-electron chi connectivity index (χ3n) is 2.26. The lowest BCUT2D eigenvalue weighted by Gasteiger charge is -2.11. The molecule has 1 atom stereocenters. The minimum absolute atomic E-state index is 0.00296. The van der Waals surface area contributed by atoms with Crippen LogP contribution in [0, 0.1) is 0 Å². The van der Waals surface area contributed by atoms with E-state index in [1.54, 1.807) is 7.11 Å². The van der Waals surface area contributed by atoms with Gasteiger partial charge in [-0.3, -0.25) is 0 Å². The highest BCUT2D eigenvalue weighted by molar-refractivity contribution is 5.26. The van der Waals surface area contributed by atoms with Gasteiger partial charge in [-0.05, 0) is 17.5 Å². The third-order valence-corrected chi connectivity index (χ3v) is 2.26. The molecule has 1 aromatic carbocycles. The van der Waals surface area contributed by atoms with E-state index >= 15 is 0 Å². The van der Waals surface area contributed by atoms with E-state index in [-0.39, 0.29) is 6.04 Å². The zero-order valence-electron chi connectivity index (χ0n) is 8.99. The Hall–Kier alpha value is -0.860. The van der Waals surface area contributed by atoms with Crippen LogP contribution in [-0.4, -0.2) is 13.7 Å². The van der Waals surface area contributed by atoms with Gasteiger partial charge in [-0.15, -0.1) is 0 Å². The Morgan fingerprint density at radius 3 is 2.86 bits per heavy atom. The Balaban J connectivity index is 2.71. The van der Waals surface area contributed by atoms with Gasteiger partial charge in [0, 0.05) is 7.11 Å². The molecule has 1 rings (SSSR count). The van der Waals surface area contributed by atoms with Gasteiger partial charge in [-0.1, -0.05) is 37.6 Å². The van der Waals surface area contributed by atoms with Crippen molar-refractivity contribution in [3.05, 3.63) is 35.4 Å². The lowest BCUT2D eigenvalue weighted by atomic mass is 10.0. The molecule has 2 nitrogen and oxygen atoms in total. The highest BCUT2D eigenvalue weighted by Crippen LogP contribution is 2.13. The molecular formula is C12H19NO. The maximum atomic E-state index is 5.95. The highest BCUT2D eigenvalue weighted by atomic mass is 16.5. The van der Waals surface area contributed by atoms with Crippen molar-refractivity contribution < 1.29 is 4.74 Å². The van der Waals surface area contributed by atoms with Crippen LogP contribution in [0.4, 0.5) is 0 Å². The van der Waals surface area contributed by atoms with Gasteiger partial charge in [0.05, 0.1) is 12.6 Å². The Morgan fingerprint density at radius 2 is 2.21 bits per heavy atom. The first-order chi connectivity index (χ1) is 6.77. The first-order valence-corrected chi connectivity index (χ1v) is 5.11. The van der Waals surface area contributed by atoms with Crippen molar-refractivity contribution in [3.63, 3.8) is 0 Å². The quantitative estimate of drug-likeness (QED) is 0.778. The van der Waals surface area contributed by atoms with Gasteiger partial charge in [0.15, 0.2) is 0 Å². The molecule has 0 radical (unpaired) electrons. The molecule has 0 amide bonds. The molecule has 0 aliphatic rings. The summed E-state index contributed by atoms with van der Waals surface area (Å²) in [5.41, 5.74) is 8.47. The monoisotopic (exact) mass is 193 g/mol. The fourth-order valence-electron chi connectivity index (χ4n) is 1.54. The van der Waals surface area contributed by atoms with Crippen LogP contribution in [0.3, 0.4) is 0 Å². The van der Waals surface area contributed by atoms with Gasteiger partial charge in [0.25, 0.3) is 0 Å². The number of ether oxygens (including phenoxy) is 1. The van der Waals surface area contributed by atoms with E-state index in [2.05, 4.69) is 31.2 Å². The average molecular weight is 193 g/mol. The molecule has 0 fully saturated rings. The van der Waals surface area contributed by atoms with Gasteiger partial charge in [0.1, 0.15) is 0 Å². The molecule has 78 valence electrons. The summed E-state index contributed by atoms with van der Waals surface area (Å²) < 4.78 is 5.03. The van der Waals surface area contributed by atoms with Crippen molar-refractivity contribution in [1.82, 2.24) is 0 Å². The van der Waals surface area contributed by atoms with Crippen molar-refractivity contribution in [2.24, 2.45) is 5.73 Å². The molecular weight excluding hydrogens is 174 g/mol. The lowest BCUT2D eigenvalue weighted by molar-refractivity contribution is 0.181. The zero-order chi connectivity index (χ0) is 10.4. The summed E-state index contributed by atoms with van der Waals surface area (Å²) in [5, 5.41) is 0. The van der Waals surface area contributed by atoms with Gasteiger partial charge in [0.2, 0.25) is 0 Å². The van der Waals surface area contributed by atoms with Crippen LogP contribution in [0.25, 0.3) is 0 Å². The van der Waals surface area contributed by atoms with E-state index in [0.29, 0.717) is 6.61 Å². The summed E-state index contributed by atoms with van der Waals surface area (Å²) in [4.78, 5) is 0.